The zero-order valence-electron chi connectivity index (χ0n) is 12.1. The second-order valence-electron chi connectivity index (χ2n) is 5.67. The summed E-state index contributed by atoms with van der Waals surface area (Å²) in [6.07, 6.45) is 5.27. The molecule has 1 aromatic rings. The van der Waals surface area contributed by atoms with E-state index < -0.39 is 0 Å². The van der Waals surface area contributed by atoms with E-state index in [1.807, 2.05) is 11.8 Å². The molecular weight excluding hydrogens is 252 g/mol. The fourth-order valence-electron chi connectivity index (χ4n) is 3.06. The van der Waals surface area contributed by atoms with Crippen LogP contribution in [0.5, 0.6) is 0 Å². The van der Waals surface area contributed by atoms with E-state index in [1.54, 1.807) is 0 Å². The lowest BCUT2D eigenvalue weighted by molar-refractivity contribution is 0.232. The minimum Gasteiger partial charge on any atom is -0.271 e. The monoisotopic (exact) mass is 278 g/mol. The molecule has 0 saturated heterocycles. The van der Waals surface area contributed by atoms with Crippen molar-refractivity contribution >= 4 is 11.8 Å². The summed E-state index contributed by atoms with van der Waals surface area (Å²) in [5.74, 6) is 8.51. The van der Waals surface area contributed by atoms with Crippen molar-refractivity contribution in [3.05, 3.63) is 29.8 Å². The summed E-state index contributed by atoms with van der Waals surface area (Å²) >= 11 is 1.89. The van der Waals surface area contributed by atoms with E-state index in [-0.39, 0.29) is 0 Å². The van der Waals surface area contributed by atoms with Crippen LogP contribution < -0.4 is 11.3 Å². The van der Waals surface area contributed by atoms with Gasteiger partial charge in [-0.05, 0) is 48.1 Å². The Kier molecular flexibility index (Phi) is 5.74. The van der Waals surface area contributed by atoms with Gasteiger partial charge in [0.15, 0.2) is 0 Å². The SMILES string of the molecule is CCSc1ccc(C(NN)C2CCC(C)CC2)cc1. The molecule has 1 saturated carbocycles. The predicted octanol–water partition coefficient (Wildman–Crippen LogP) is 4.13. The third-order valence-corrected chi connectivity index (χ3v) is 5.16. The normalized spacial score (nSPS) is 25.2. The van der Waals surface area contributed by atoms with Crippen LogP contribution in [-0.2, 0) is 0 Å². The van der Waals surface area contributed by atoms with Gasteiger partial charge in [0.2, 0.25) is 0 Å². The fraction of sp³-hybridized carbons (Fsp3) is 0.625. The quantitative estimate of drug-likeness (QED) is 0.483. The van der Waals surface area contributed by atoms with Crippen LogP contribution in [0.15, 0.2) is 29.2 Å². The molecule has 0 heterocycles. The first-order valence-electron chi connectivity index (χ1n) is 7.43. The molecule has 1 unspecified atom stereocenters. The van der Waals surface area contributed by atoms with E-state index in [0.717, 1.165) is 11.7 Å². The van der Waals surface area contributed by atoms with Gasteiger partial charge in [0.25, 0.3) is 0 Å². The average molecular weight is 278 g/mol. The molecule has 0 aromatic heterocycles. The maximum atomic E-state index is 5.81. The van der Waals surface area contributed by atoms with Crippen molar-refractivity contribution in [1.29, 1.82) is 0 Å². The molecule has 2 rings (SSSR count). The molecule has 2 nitrogen and oxygen atoms in total. The number of benzene rings is 1. The van der Waals surface area contributed by atoms with Crippen LogP contribution in [0.25, 0.3) is 0 Å². The zero-order chi connectivity index (χ0) is 13.7. The standard InChI is InChI=1S/C16H26N2S/c1-3-19-15-10-8-14(9-11-15)16(18-17)13-6-4-12(2)5-7-13/h8-13,16,18H,3-7,17H2,1-2H3. The lowest BCUT2D eigenvalue weighted by Crippen LogP contribution is -2.35. The third-order valence-electron chi connectivity index (χ3n) is 4.26. The Morgan fingerprint density at radius 2 is 1.84 bits per heavy atom. The summed E-state index contributed by atoms with van der Waals surface area (Å²) < 4.78 is 0. The molecule has 0 spiro atoms. The van der Waals surface area contributed by atoms with Gasteiger partial charge in [0, 0.05) is 10.9 Å². The molecular formula is C16H26N2S. The molecule has 19 heavy (non-hydrogen) atoms. The third kappa shape index (κ3) is 3.98. The summed E-state index contributed by atoms with van der Waals surface area (Å²) in [5, 5.41) is 0. The van der Waals surface area contributed by atoms with E-state index in [1.165, 1.54) is 36.1 Å². The van der Waals surface area contributed by atoms with E-state index in [9.17, 15) is 0 Å². The summed E-state index contributed by atoms with van der Waals surface area (Å²) in [5.41, 5.74) is 4.38. The number of hydrogen-bond acceptors (Lipinski definition) is 3. The molecule has 1 aliphatic carbocycles. The maximum absolute atomic E-state index is 5.81. The summed E-state index contributed by atoms with van der Waals surface area (Å²) in [6, 6.07) is 9.23. The first-order chi connectivity index (χ1) is 9.24. The number of hydrogen-bond donors (Lipinski definition) is 2. The minimum absolute atomic E-state index is 0.313. The van der Waals surface area contributed by atoms with Crippen molar-refractivity contribution in [3.8, 4) is 0 Å². The number of nitrogens with one attached hydrogen (secondary N) is 1. The Morgan fingerprint density at radius 3 is 2.37 bits per heavy atom. The van der Waals surface area contributed by atoms with Gasteiger partial charge in [-0.3, -0.25) is 11.3 Å². The smallest absolute Gasteiger partial charge is 0.0488 e. The Hall–Kier alpha value is -0.510. The van der Waals surface area contributed by atoms with Gasteiger partial charge in [-0.25, -0.2) is 0 Å². The highest BCUT2D eigenvalue weighted by Crippen LogP contribution is 2.36. The van der Waals surface area contributed by atoms with Gasteiger partial charge in [-0.1, -0.05) is 38.8 Å². The molecule has 1 atom stereocenters. The summed E-state index contributed by atoms with van der Waals surface area (Å²) in [6.45, 7) is 4.55. The highest BCUT2D eigenvalue weighted by Gasteiger charge is 2.26. The van der Waals surface area contributed by atoms with Crippen molar-refractivity contribution < 1.29 is 0 Å². The second kappa shape index (κ2) is 7.32. The van der Waals surface area contributed by atoms with Crippen LogP contribution in [-0.4, -0.2) is 5.75 Å². The molecule has 0 aliphatic heterocycles. The first-order valence-corrected chi connectivity index (χ1v) is 8.42. The van der Waals surface area contributed by atoms with E-state index in [4.69, 9.17) is 5.84 Å². The molecule has 106 valence electrons. The van der Waals surface area contributed by atoms with Gasteiger partial charge in [-0.15, -0.1) is 11.8 Å². The molecule has 0 bridgehead atoms. The Morgan fingerprint density at radius 1 is 1.21 bits per heavy atom. The van der Waals surface area contributed by atoms with Gasteiger partial charge >= 0.3 is 0 Å². The largest absolute Gasteiger partial charge is 0.271 e. The molecule has 3 N–H and O–H groups in total. The first kappa shape index (κ1) is 14.9. The van der Waals surface area contributed by atoms with Gasteiger partial charge in [0.1, 0.15) is 0 Å². The second-order valence-corrected chi connectivity index (χ2v) is 7.00. The van der Waals surface area contributed by atoms with E-state index in [0.29, 0.717) is 12.0 Å². The fourth-order valence-corrected chi connectivity index (χ4v) is 3.72. The highest BCUT2D eigenvalue weighted by molar-refractivity contribution is 7.99. The van der Waals surface area contributed by atoms with Gasteiger partial charge in [0.05, 0.1) is 0 Å². The Bertz CT molecular complexity index is 369. The van der Waals surface area contributed by atoms with Gasteiger partial charge in [-0.2, -0.15) is 0 Å². The highest BCUT2D eigenvalue weighted by atomic mass is 32.2. The number of thioether (sulfide) groups is 1. The van der Waals surface area contributed by atoms with Crippen LogP contribution >= 0.6 is 11.8 Å². The number of rotatable bonds is 5. The van der Waals surface area contributed by atoms with Crippen LogP contribution in [0, 0.1) is 11.8 Å². The molecule has 1 aliphatic rings. The summed E-state index contributed by atoms with van der Waals surface area (Å²) in [4.78, 5) is 1.35. The van der Waals surface area contributed by atoms with Crippen molar-refractivity contribution in [2.75, 3.05) is 5.75 Å². The lowest BCUT2D eigenvalue weighted by Gasteiger charge is -2.32. The molecule has 3 heteroatoms. The summed E-state index contributed by atoms with van der Waals surface area (Å²) in [7, 11) is 0. The van der Waals surface area contributed by atoms with Crippen molar-refractivity contribution in [1.82, 2.24) is 5.43 Å². The zero-order valence-corrected chi connectivity index (χ0v) is 12.9. The van der Waals surface area contributed by atoms with Crippen molar-refractivity contribution in [2.45, 2.75) is 50.5 Å². The van der Waals surface area contributed by atoms with Crippen LogP contribution in [0.2, 0.25) is 0 Å². The van der Waals surface area contributed by atoms with Gasteiger partial charge < -0.3 is 0 Å². The van der Waals surface area contributed by atoms with Crippen LogP contribution in [0.1, 0.15) is 51.1 Å². The van der Waals surface area contributed by atoms with E-state index in [2.05, 4.69) is 43.5 Å². The van der Waals surface area contributed by atoms with E-state index >= 15 is 0 Å². The van der Waals surface area contributed by atoms with Crippen molar-refractivity contribution in [3.63, 3.8) is 0 Å². The molecule has 1 aromatic carbocycles. The number of nitrogens with two attached hydrogens (primary N) is 1. The molecule has 0 amide bonds. The topological polar surface area (TPSA) is 38.0 Å². The van der Waals surface area contributed by atoms with Crippen LogP contribution in [0.3, 0.4) is 0 Å². The maximum Gasteiger partial charge on any atom is 0.0488 e. The number of hydrazine groups is 1. The predicted molar refractivity (Wildman–Crippen MR) is 84.0 cm³/mol. The minimum atomic E-state index is 0.313. The van der Waals surface area contributed by atoms with Crippen molar-refractivity contribution in [2.24, 2.45) is 17.7 Å². The molecule has 0 radical (unpaired) electrons. The van der Waals surface area contributed by atoms with Crippen LogP contribution in [0.4, 0.5) is 0 Å². The Labute approximate surface area is 121 Å². The Balaban J connectivity index is 2.04. The molecule has 1 fully saturated rings. The average Bonchev–Trinajstić information content (AvgIpc) is 2.44. The lowest BCUT2D eigenvalue weighted by atomic mass is 9.77.